The smallest absolute Gasteiger partial charge is 0.260 e. The number of halogens is 2. The Morgan fingerprint density at radius 1 is 1.24 bits per heavy atom. The van der Waals surface area contributed by atoms with Crippen LogP contribution in [0.2, 0.25) is 10.0 Å². The third kappa shape index (κ3) is 4.68. The second kappa shape index (κ2) is 9.01. The zero-order valence-electron chi connectivity index (χ0n) is 17.0. The van der Waals surface area contributed by atoms with Crippen molar-refractivity contribution in [3.63, 3.8) is 0 Å². The van der Waals surface area contributed by atoms with Crippen molar-refractivity contribution in [3.8, 4) is 5.75 Å². The van der Waals surface area contributed by atoms with E-state index in [9.17, 15) is 4.79 Å². The van der Waals surface area contributed by atoms with Crippen molar-refractivity contribution in [2.75, 3.05) is 33.4 Å². The predicted molar refractivity (Wildman–Crippen MR) is 115 cm³/mol. The van der Waals surface area contributed by atoms with Crippen molar-refractivity contribution in [3.05, 3.63) is 28.2 Å². The lowest BCUT2D eigenvalue weighted by atomic mass is 9.76. The molecule has 1 spiro atoms. The van der Waals surface area contributed by atoms with Crippen LogP contribution < -0.4 is 4.74 Å². The van der Waals surface area contributed by atoms with E-state index in [0.29, 0.717) is 21.8 Å². The molecule has 2 heterocycles. The van der Waals surface area contributed by atoms with E-state index in [1.165, 1.54) is 12.8 Å². The molecule has 5 nitrogen and oxygen atoms in total. The van der Waals surface area contributed by atoms with Crippen LogP contribution in [0.5, 0.6) is 5.75 Å². The number of rotatable bonds is 5. The molecule has 7 heteroatoms. The molecular weight excluding hydrogens is 411 g/mol. The highest BCUT2D eigenvalue weighted by molar-refractivity contribution is 6.42. The van der Waals surface area contributed by atoms with Crippen LogP contribution in [0.1, 0.15) is 44.9 Å². The number of carbonyl (C=O) groups excluding carboxylic acids is 1. The summed E-state index contributed by atoms with van der Waals surface area (Å²) in [6.07, 6.45) is 7.85. The Morgan fingerprint density at radius 2 is 2.03 bits per heavy atom. The first-order valence-electron chi connectivity index (χ1n) is 10.7. The lowest BCUT2D eigenvalue weighted by Crippen LogP contribution is -2.58. The maximum Gasteiger partial charge on any atom is 0.260 e. The van der Waals surface area contributed by atoms with Gasteiger partial charge in [0.2, 0.25) is 0 Å². The van der Waals surface area contributed by atoms with Crippen molar-refractivity contribution in [1.82, 2.24) is 9.80 Å². The molecule has 1 saturated carbocycles. The lowest BCUT2D eigenvalue weighted by molar-refractivity contribution is -0.139. The highest BCUT2D eigenvalue weighted by Crippen LogP contribution is 2.43. The minimum atomic E-state index is -0.00596. The zero-order valence-corrected chi connectivity index (χ0v) is 18.6. The summed E-state index contributed by atoms with van der Waals surface area (Å²) in [6.45, 7) is 3.13. The SMILES string of the molecule is CN(C(=O)COc1ccc(Cl)c(Cl)c1)[C@@H]1CC[C@@]2(CCCO2)C[C@H]1N1CCCC1. The second-order valence-corrected chi connectivity index (χ2v) is 9.44. The number of likely N-dealkylation sites (tertiary alicyclic amines) is 1. The van der Waals surface area contributed by atoms with Gasteiger partial charge in [0.1, 0.15) is 5.75 Å². The number of benzene rings is 1. The van der Waals surface area contributed by atoms with Gasteiger partial charge in [-0.1, -0.05) is 23.2 Å². The van der Waals surface area contributed by atoms with E-state index in [1.54, 1.807) is 18.2 Å². The quantitative estimate of drug-likeness (QED) is 0.680. The number of hydrogen-bond donors (Lipinski definition) is 0. The third-order valence-corrected chi connectivity index (χ3v) is 7.60. The summed E-state index contributed by atoms with van der Waals surface area (Å²) in [5.74, 6) is 0.549. The molecule has 160 valence electrons. The first-order chi connectivity index (χ1) is 14.0. The number of ether oxygens (including phenoxy) is 2. The minimum absolute atomic E-state index is 0.000671. The monoisotopic (exact) mass is 440 g/mol. The Kier molecular flexibility index (Phi) is 6.59. The largest absolute Gasteiger partial charge is 0.484 e. The lowest BCUT2D eigenvalue weighted by Gasteiger charge is -2.48. The molecule has 3 aliphatic rings. The van der Waals surface area contributed by atoms with E-state index >= 15 is 0 Å². The Morgan fingerprint density at radius 3 is 2.72 bits per heavy atom. The molecule has 2 saturated heterocycles. The number of hydrogen-bond acceptors (Lipinski definition) is 4. The number of likely N-dealkylation sites (N-methyl/N-ethyl adjacent to an activating group) is 1. The van der Waals surface area contributed by atoms with E-state index in [4.69, 9.17) is 32.7 Å². The van der Waals surface area contributed by atoms with Crippen LogP contribution >= 0.6 is 23.2 Å². The van der Waals surface area contributed by atoms with Crippen molar-refractivity contribution in [2.24, 2.45) is 0 Å². The van der Waals surface area contributed by atoms with Gasteiger partial charge in [0, 0.05) is 31.8 Å². The molecule has 2 aliphatic heterocycles. The van der Waals surface area contributed by atoms with Gasteiger partial charge in [-0.25, -0.2) is 0 Å². The summed E-state index contributed by atoms with van der Waals surface area (Å²) in [5.41, 5.74) is 0.0319. The standard InChI is InChI=1S/C22H30Cl2N2O3/c1-25(21(27)15-28-16-5-6-17(23)18(24)13-16)19-7-9-22(8-4-12-29-22)14-20(19)26-10-2-3-11-26/h5-6,13,19-20H,2-4,7-12,14-15H2,1H3/t19-,20-,22+/m1/s1. The van der Waals surface area contributed by atoms with Crippen LogP contribution in [-0.2, 0) is 9.53 Å². The first kappa shape index (κ1) is 21.2. The third-order valence-electron chi connectivity index (χ3n) is 6.86. The summed E-state index contributed by atoms with van der Waals surface area (Å²) in [5, 5.41) is 0.898. The normalized spacial score (nSPS) is 30.0. The highest BCUT2D eigenvalue weighted by Gasteiger charge is 2.47. The molecule has 1 amide bonds. The van der Waals surface area contributed by atoms with E-state index in [-0.39, 0.29) is 24.2 Å². The van der Waals surface area contributed by atoms with Gasteiger partial charge in [0.15, 0.2) is 6.61 Å². The second-order valence-electron chi connectivity index (χ2n) is 8.62. The maximum absolute atomic E-state index is 12.9. The van der Waals surface area contributed by atoms with Gasteiger partial charge >= 0.3 is 0 Å². The predicted octanol–water partition coefficient (Wildman–Crippen LogP) is 4.40. The summed E-state index contributed by atoms with van der Waals surface area (Å²) in [7, 11) is 1.92. The van der Waals surface area contributed by atoms with Gasteiger partial charge in [0.25, 0.3) is 5.91 Å². The van der Waals surface area contributed by atoms with Crippen LogP contribution in [0.25, 0.3) is 0 Å². The number of nitrogens with zero attached hydrogens (tertiary/aromatic N) is 2. The van der Waals surface area contributed by atoms with Crippen LogP contribution in [0.15, 0.2) is 18.2 Å². The minimum Gasteiger partial charge on any atom is -0.484 e. The number of amides is 1. The van der Waals surface area contributed by atoms with Crippen molar-refractivity contribution >= 4 is 29.1 Å². The maximum atomic E-state index is 12.9. The Hall–Kier alpha value is -1.01. The Bertz CT molecular complexity index is 733. The molecule has 3 atom stereocenters. The summed E-state index contributed by atoms with van der Waals surface area (Å²) in [4.78, 5) is 17.4. The van der Waals surface area contributed by atoms with E-state index in [2.05, 4.69) is 4.90 Å². The van der Waals surface area contributed by atoms with Crippen LogP contribution in [0.3, 0.4) is 0 Å². The van der Waals surface area contributed by atoms with Crippen molar-refractivity contribution in [2.45, 2.75) is 62.6 Å². The van der Waals surface area contributed by atoms with Crippen molar-refractivity contribution < 1.29 is 14.3 Å². The Labute approximate surface area is 183 Å². The molecule has 0 aromatic heterocycles. The Balaban J connectivity index is 1.41. The molecule has 4 rings (SSSR count). The van der Waals surface area contributed by atoms with Gasteiger partial charge < -0.3 is 14.4 Å². The van der Waals surface area contributed by atoms with Gasteiger partial charge in [-0.15, -0.1) is 0 Å². The molecule has 1 aliphatic carbocycles. The highest BCUT2D eigenvalue weighted by atomic mass is 35.5. The molecule has 0 bridgehead atoms. The first-order valence-corrected chi connectivity index (χ1v) is 11.4. The van der Waals surface area contributed by atoms with Crippen LogP contribution in [0, 0.1) is 0 Å². The summed E-state index contributed by atoms with van der Waals surface area (Å²) in [6, 6.07) is 5.62. The van der Waals surface area contributed by atoms with Crippen molar-refractivity contribution in [1.29, 1.82) is 0 Å². The molecule has 0 radical (unpaired) electrons. The van der Waals surface area contributed by atoms with E-state index < -0.39 is 0 Å². The zero-order chi connectivity index (χ0) is 20.4. The average molecular weight is 441 g/mol. The van der Waals surface area contributed by atoms with E-state index in [1.807, 2.05) is 11.9 Å². The molecule has 1 aromatic carbocycles. The summed E-state index contributed by atoms with van der Waals surface area (Å²) < 4.78 is 11.9. The summed E-state index contributed by atoms with van der Waals surface area (Å²) >= 11 is 12.0. The van der Waals surface area contributed by atoms with Crippen LogP contribution in [-0.4, -0.2) is 66.7 Å². The van der Waals surface area contributed by atoms with Gasteiger partial charge in [-0.3, -0.25) is 9.69 Å². The fourth-order valence-electron chi connectivity index (χ4n) is 5.23. The fraction of sp³-hybridized carbons (Fsp3) is 0.682. The molecule has 0 unspecified atom stereocenters. The van der Waals surface area contributed by atoms with Gasteiger partial charge in [0.05, 0.1) is 15.6 Å². The number of carbonyl (C=O) groups is 1. The molecule has 0 N–H and O–H groups in total. The van der Waals surface area contributed by atoms with Crippen LogP contribution in [0.4, 0.5) is 0 Å². The molecular formula is C22H30Cl2N2O3. The molecule has 29 heavy (non-hydrogen) atoms. The average Bonchev–Trinajstić information content (AvgIpc) is 3.41. The van der Waals surface area contributed by atoms with Gasteiger partial charge in [-0.2, -0.15) is 0 Å². The topological polar surface area (TPSA) is 42.0 Å². The van der Waals surface area contributed by atoms with E-state index in [0.717, 1.165) is 51.8 Å². The van der Waals surface area contributed by atoms with Gasteiger partial charge in [-0.05, 0) is 70.2 Å². The fourth-order valence-corrected chi connectivity index (χ4v) is 5.52. The molecule has 3 fully saturated rings. The molecule has 1 aromatic rings.